The first-order chi connectivity index (χ1) is 12.3. The fourth-order valence-electron chi connectivity index (χ4n) is 3.24. The van der Waals surface area contributed by atoms with E-state index in [2.05, 4.69) is 9.97 Å². The highest BCUT2D eigenvalue weighted by Crippen LogP contribution is 2.49. The predicted molar refractivity (Wildman–Crippen MR) is 91.7 cm³/mol. The quantitative estimate of drug-likeness (QED) is 0.659. The number of halogens is 4. The van der Waals surface area contributed by atoms with Gasteiger partial charge in [0.25, 0.3) is 5.56 Å². The average molecular weight is 380 g/mol. The number of alkyl halides is 3. The monoisotopic (exact) mass is 379 g/mol. The van der Waals surface area contributed by atoms with Gasteiger partial charge in [0.05, 0.1) is 17.1 Å². The summed E-state index contributed by atoms with van der Waals surface area (Å²) in [5.41, 5.74) is 0.666. The molecule has 0 saturated heterocycles. The van der Waals surface area contributed by atoms with Gasteiger partial charge >= 0.3 is 6.18 Å². The van der Waals surface area contributed by atoms with Gasteiger partial charge in [-0.05, 0) is 49.2 Å². The number of nitrogens with zero attached hydrogens (tertiary/aromatic N) is 3. The van der Waals surface area contributed by atoms with Crippen molar-refractivity contribution in [3.8, 4) is 5.69 Å². The van der Waals surface area contributed by atoms with Crippen LogP contribution in [-0.2, 0) is 0 Å². The highest BCUT2D eigenvalue weighted by Gasteiger charge is 2.49. The predicted octanol–water partition coefficient (Wildman–Crippen LogP) is 4.49. The van der Waals surface area contributed by atoms with Gasteiger partial charge in [0.15, 0.2) is 5.52 Å². The van der Waals surface area contributed by atoms with E-state index in [1.54, 1.807) is 36.4 Å². The Bertz CT molecular complexity index is 1020. The number of benzene rings is 1. The first-order valence-corrected chi connectivity index (χ1v) is 8.42. The molecule has 1 aliphatic rings. The lowest BCUT2D eigenvalue weighted by Gasteiger charge is -2.36. The van der Waals surface area contributed by atoms with Crippen molar-refractivity contribution in [2.75, 3.05) is 0 Å². The maximum absolute atomic E-state index is 13.0. The SMILES string of the molecule is O=c1c2ncccc2nc(C2CC(C(F)(F)F)C2)n1-c1ccc(Cl)cc1. The summed E-state index contributed by atoms with van der Waals surface area (Å²) in [5.74, 6) is -1.46. The Hall–Kier alpha value is -2.41. The van der Waals surface area contributed by atoms with Crippen LogP contribution in [0, 0.1) is 5.92 Å². The van der Waals surface area contributed by atoms with Gasteiger partial charge in [-0.2, -0.15) is 13.2 Å². The number of hydrogen-bond acceptors (Lipinski definition) is 3. The third-order valence-corrected chi connectivity index (χ3v) is 4.96. The third kappa shape index (κ3) is 2.86. The number of aromatic nitrogens is 3. The highest BCUT2D eigenvalue weighted by atomic mass is 35.5. The van der Waals surface area contributed by atoms with Gasteiger partial charge in [0.2, 0.25) is 0 Å². The van der Waals surface area contributed by atoms with Gasteiger partial charge in [-0.15, -0.1) is 0 Å². The van der Waals surface area contributed by atoms with Gasteiger partial charge in [0.1, 0.15) is 5.82 Å². The van der Waals surface area contributed by atoms with E-state index in [9.17, 15) is 18.0 Å². The van der Waals surface area contributed by atoms with Crippen molar-refractivity contribution in [2.45, 2.75) is 24.9 Å². The molecular formula is C18H13ClF3N3O. The van der Waals surface area contributed by atoms with E-state index in [1.807, 2.05) is 0 Å². The van der Waals surface area contributed by atoms with Crippen LogP contribution in [0.2, 0.25) is 5.02 Å². The molecule has 0 radical (unpaired) electrons. The van der Waals surface area contributed by atoms with Crippen molar-refractivity contribution in [1.82, 2.24) is 14.5 Å². The summed E-state index contributed by atoms with van der Waals surface area (Å²) in [6.07, 6.45) is -2.88. The summed E-state index contributed by atoms with van der Waals surface area (Å²) in [5, 5.41) is 0.496. The lowest BCUT2D eigenvalue weighted by atomic mass is 9.74. The number of hydrogen-bond donors (Lipinski definition) is 0. The first-order valence-electron chi connectivity index (χ1n) is 8.05. The molecule has 4 rings (SSSR count). The number of pyridine rings is 1. The molecule has 0 N–H and O–H groups in total. The molecule has 0 atom stereocenters. The molecule has 1 fully saturated rings. The first kappa shape index (κ1) is 17.0. The molecule has 0 unspecified atom stereocenters. The van der Waals surface area contributed by atoms with Crippen LogP contribution in [0.15, 0.2) is 47.4 Å². The molecule has 134 valence electrons. The van der Waals surface area contributed by atoms with Crippen molar-refractivity contribution in [3.05, 3.63) is 63.8 Å². The van der Waals surface area contributed by atoms with Gasteiger partial charge in [-0.1, -0.05) is 11.6 Å². The zero-order chi connectivity index (χ0) is 18.5. The van der Waals surface area contributed by atoms with E-state index in [4.69, 9.17) is 11.6 Å². The maximum atomic E-state index is 13.0. The lowest BCUT2D eigenvalue weighted by Crippen LogP contribution is -2.37. The Balaban J connectivity index is 1.87. The smallest absolute Gasteiger partial charge is 0.266 e. The summed E-state index contributed by atoms with van der Waals surface area (Å²) in [6.45, 7) is 0. The van der Waals surface area contributed by atoms with E-state index < -0.39 is 23.6 Å². The van der Waals surface area contributed by atoms with Crippen LogP contribution in [0.1, 0.15) is 24.6 Å². The summed E-state index contributed by atoms with van der Waals surface area (Å²) in [4.78, 5) is 21.5. The van der Waals surface area contributed by atoms with Crippen molar-refractivity contribution < 1.29 is 13.2 Å². The second-order valence-corrected chi connectivity index (χ2v) is 6.80. The molecule has 0 amide bonds. The van der Waals surface area contributed by atoms with E-state index in [-0.39, 0.29) is 18.4 Å². The van der Waals surface area contributed by atoms with Gasteiger partial charge in [-0.3, -0.25) is 9.36 Å². The average Bonchev–Trinajstić information content (AvgIpc) is 2.54. The van der Waals surface area contributed by atoms with Gasteiger partial charge in [0, 0.05) is 17.1 Å². The van der Waals surface area contributed by atoms with Crippen LogP contribution >= 0.6 is 11.6 Å². The topological polar surface area (TPSA) is 47.8 Å². The molecule has 0 spiro atoms. The Morgan fingerprint density at radius 1 is 1.12 bits per heavy atom. The molecule has 4 nitrogen and oxygen atoms in total. The normalized spacial score (nSPS) is 20.2. The molecule has 0 bridgehead atoms. The Morgan fingerprint density at radius 3 is 2.46 bits per heavy atom. The van der Waals surface area contributed by atoms with E-state index in [1.165, 1.54) is 10.8 Å². The molecule has 26 heavy (non-hydrogen) atoms. The molecular weight excluding hydrogens is 367 g/mol. The molecule has 8 heteroatoms. The van der Waals surface area contributed by atoms with E-state index in [0.717, 1.165) is 0 Å². The van der Waals surface area contributed by atoms with Gasteiger partial charge < -0.3 is 0 Å². The molecule has 2 heterocycles. The standard InChI is InChI=1S/C18H13ClF3N3O/c19-12-3-5-13(6-4-12)25-16(10-8-11(9-10)18(20,21)22)24-14-2-1-7-23-15(14)17(25)26/h1-7,10-11H,8-9H2. The van der Waals surface area contributed by atoms with E-state index >= 15 is 0 Å². The molecule has 2 aromatic heterocycles. The van der Waals surface area contributed by atoms with Crippen molar-refractivity contribution >= 4 is 22.6 Å². The fraction of sp³-hybridized carbons (Fsp3) is 0.278. The largest absolute Gasteiger partial charge is 0.391 e. The Kier molecular flexibility index (Phi) is 3.99. The summed E-state index contributed by atoms with van der Waals surface area (Å²) < 4.78 is 40.0. The third-order valence-electron chi connectivity index (χ3n) is 4.71. The second-order valence-electron chi connectivity index (χ2n) is 6.36. The zero-order valence-corrected chi connectivity index (χ0v) is 14.1. The number of rotatable bonds is 2. The molecule has 1 saturated carbocycles. The maximum Gasteiger partial charge on any atom is 0.391 e. The fourth-order valence-corrected chi connectivity index (χ4v) is 3.37. The van der Waals surface area contributed by atoms with Crippen LogP contribution in [0.3, 0.4) is 0 Å². The zero-order valence-electron chi connectivity index (χ0n) is 13.4. The van der Waals surface area contributed by atoms with E-state index in [0.29, 0.717) is 22.1 Å². The molecule has 1 aromatic carbocycles. The molecule has 3 aromatic rings. The minimum Gasteiger partial charge on any atom is -0.266 e. The van der Waals surface area contributed by atoms with Gasteiger partial charge in [-0.25, -0.2) is 9.97 Å². The summed E-state index contributed by atoms with van der Waals surface area (Å²) >= 11 is 5.90. The van der Waals surface area contributed by atoms with Crippen LogP contribution in [0.4, 0.5) is 13.2 Å². The minimum atomic E-state index is -4.22. The van der Waals surface area contributed by atoms with Crippen molar-refractivity contribution in [3.63, 3.8) is 0 Å². The highest BCUT2D eigenvalue weighted by molar-refractivity contribution is 6.30. The van der Waals surface area contributed by atoms with Crippen LogP contribution < -0.4 is 5.56 Å². The molecule has 0 aliphatic heterocycles. The van der Waals surface area contributed by atoms with Crippen LogP contribution in [0.5, 0.6) is 0 Å². The Morgan fingerprint density at radius 2 is 1.81 bits per heavy atom. The van der Waals surface area contributed by atoms with Crippen molar-refractivity contribution in [2.24, 2.45) is 5.92 Å². The summed E-state index contributed by atoms with van der Waals surface area (Å²) in [7, 11) is 0. The minimum absolute atomic E-state index is 0.0741. The number of fused-ring (bicyclic) bond motifs is 1. The van der Waals surface area contributed by atoms with Crippen LogP contribution in [-0.4, -0.2) is 20.7 Å². The molecule has 1 aliphatic carbocycles. The Labute approximate surface area is 151 Å². The lowest BCUT2D eigenvalue weighted by molar-refractivity contribution is -0.198. The second kappa shape index (κ2) is 6.09. The van der Waals surface area contributed by atoms with Crippen LogP contribution in [0.25, 0.3) is 16.7 Å². The summed E-state index contributed by atoms with van der Waals surface area (Å²) in [6, 6.07) is 9.81. The van der Waals surface area contributed by atoms with Crippen molar-refractivity contribution in [1.29, 1.82) is 0 Å².